The van der Waals surface area contributed by atoms with Gasteiger partial charge in [0.15, 0.2) is 0 Å². The molecule has 0 saturated heterocycles. The molecule has 0 aliphatic carbocycles. The highest BCUT2D eigenvalue weighted by Gasteiger charge is 2.03. The van der Waals surface area contributed by atoms with E-state index in [1.54, 1.807) is 19.1 Å². The second-order valence-corrected chi connectivity index (χ2v) is 2.96. The Morgan fingerprint density at radius 1 is 1.50 bits per heavy atom. The van der Waals surface area contributed by atoms with Crippen molar-refractivity contribution in [3.05, 3.63) is 28.3 Å². The van der Waals surface area contributed by atoms with Gasteiger partial charge < -0.3 is 10.3 Å². The minimum absolute atomic E-state index is 0.146. The third kappa shape index (κ3) is 1.88. The van der Waals surface area contributed by atoms with Crippen LogP contribution in [0.25, 0.3) is 0 Å². The first-order valence-corrected chi connectivity index (χ1v) is 3.88. The van der Waals surface area contributed by atoms with Crippen LogP contribution in [-0.4, -0.2) is 10.3 Å². The average molecular weight is 188 g/mol. The van der Waals surface area contributed by atoms with E-state index in [0.29, 0.717) is 10.6 Å². The summed E-state index contributed by atoms with van der Waals surface area (Å²) in [5, 5.41) is 18.2. The van der Waals surface area contributed by atoms with Crippen LogP contribution in [0.1, 0.15) is 11.1 Å². The summed E-state index contributed by atoms with van der Waals surface area (Å²) in [5.41, 5.74) is 3.38. The fraction of sp³-hybridized carbons (Fsp3) is 0.250. The number of aromatic hydroxyl groups is 1. The van der Waals surface area contributed by atoms with Crippen molar-refractivity contribution in [3.8, 4) is 5.75 Å². The monoisotopic (exact) mass is 187 g/mol. The van der Waals surface area contributed by atoms with Gasteiger partial charge in [-0.05, 0) is 24.6 Å². The zero-order valence-corrected chi connectivity index (χ0v) is 7.39. The average Bonchev–Trinajstić information content (AvgIpc) is 2.01. The molecule has 0 unspecified atom stereocenters. The first-order valence-electron chi connectivity index (χ1n) is 3.50. The molecule has 12 heavy (non-hydrogen) atoms. The van der Waals surface area contributed by atoms with Crippen LogP contribution in [0, 0.1) is 6.92 Å². The highest BCUT2D eigenvalue weighted by atomic mass is 35.5. The zero-order valence-electron chi connectivity index (χ0n) is 6.63. The highest BCUT2D eigenvalue weighted by Crippen LogP contribution is 2.26. The fourth-order valence-electron chi connectivity index (χ4n) is 0.912. The van der Waals surface area contributed by atoms with E-state index in [9.17, 15) is 5.11 Å². The van der Waals surface area contributed by atoms with Crippen molar-refractivity contribution >= 4 is 11.6 Å². The van der Waals surface area contributed by atoms with Crippen LogP contribution >= 0.6 is 11.6 Å². The van der Waals surface area contributed by atoms with Crippen LogP contribution in [0.5, 0.6) is 5.75 Å². The standard InChI is InChI=1S/C8H10ClNO2/c1-5-7(9)2-6(4-10-12)3-8(5)11/h2-3,10-12H,4H2,1H3. The molecule has 0 spiro atoms. The Balaban J connectivity index is 3.04. The molecule has 0 heterocycles. The Morgan fingerprint density at radius 2 is 2.17 bits per heavy atom. The van der Waals surface area contributed by atoms with Gasteiger partial charge in [-0.3, -0.25) is 0 Å². The second kappa shape index (κ2) is 3.76. The minimum atomic E-state index is 0.146. The lowest BCUT2D eigenvalue weighted by Crippen LogP contribution is -2.05. The summed E-state index contributed by atoms with van der Waals surface area (Å²) < 4.78 is 0. The molecule has 0 aromatic heterocycles. The Hall–Kier alpha value is -0.770. The number of hydroxylamine groups is 1. The largest absolute Gasteiger partial charge is 0.508 e. The summed E-state index contributed by atoms with van der Waals surface area (Å²) in [6.45, 7) is 2.00. The van der Waals surface area contributed by atoms with Crippen LogP contribution in [-0.2, 0) is 6.54 Å². The maximum atomic E-state index is 9.31. The number of hydrogen-bond donors (Lipinski definition) is 3. The lowest BCUT2D eigenvalue weighted by molar-refractivity contribution is 0.161. The fourth-order valence-corrected chi connectivity index (χ4v) is 1.15. The minimum Gasteiger partial charge on any atom is -0.508 e. The molecule has 3 nitrogen and oxygen atoms in total. The molecule has 66 valence electrons. The SMILES string of the molecule is Cc1c(O)cc(CNO)cc1Cl. The summed E-state index contributed by atoms with van der Waals surface area (Å²) in [7, 11) is 0. The van der Waals surface area contributed by atoms with Gasteiger partial charge in [0.2, 0.25) is 0 Å². The quantitative estimate of drug-likeness (QED) is 0.620. The molecule has 0 atom stereocenters. The molecule has 1 aromatic carbocycles. The van der Waals surface area contributed by atoms with E-state index in [1.807, 2.05) is 5.48 Å². The first kappa shape index (κ1) is 9.32. The van der Waals surface area contributed by atoms with Crippen molar-refractivity contribution < 1.29 is 10.3 Å². The molecular formula is C8H10ClNO2. The Morgan fingerprint density at radius 3 is 2.67 bits per heavy atom. The van der Waals surface area contributed by atoms with Gasteiger partial charge in [-0.1, -0.05) is 11.6 Å². The molecule has 1 rings (SSSR count). The lowest BCUT2D eigenvalue weighted by atomic mass is 10.1. The first-order chi connectivity index (χ1) is 5.65. The predicted molar refractivity (Wildman–Crippen MR) is 46.5 cm³/mol. The maximum Gasteiger partial charge on any atom is 0.120 e. The molecular weight excluding hydrogens is 178 g/mol. The van der Waals surface area contributed by atoms with Crippen molar-refractivity contribution in [3.63, 3.8) is 0 Å². The van der Waals surface area contributed by atoms with Crippen LogP contribution in [0.15, 0.2) is 12.1 Å². The van der Waals surface area contributed by atoms with Gasteiger partial charge in [0.25, 0.3) is 0 Å². The van der Waals surface area contributed by atoms with Gasteiger partial charge in [0.1, 0.15) is 5.75 Å². The number of benzene rings is 1. The molecule has 4 heteroatoms. The Labute approximate surface area is 75.6 Å². The van der Waals surface area contributed by atoms with Crippen molar-refractivity contribution in [2.45, 2.75) is 13.5 Å². The van der Waals surface area contributed by atoms with E-state index in [4.69, 9.17) is 16.8 Å². The van der Waals surface area contributed by atoms with Crippen LogP contribution in [0.4, 0.5) is 0 Å². The second-order valence-electron chi connectivity index (χ2n) is 2.56. The number of nitrogens with one attached hydrogen (secondary N) is 1. The van der Waals surface area contributed by atoms with Gasteiger partial charge in [-0.15, -0.1) is 0 Å². The van der Waals surface area contributed by atoms with Gasteiger partial charge in [-0.2, -0.15) is 0 Å². The smallest absolute Gasteiger partial charge is 0.120 e. The van der Waals surface area contributed by atoms with Gasteiger partial charge >= 0.3 is 0 Å². The van der Waals surface area contributed by atoms with Gasteiger partial charge in [0.05, 0.1) is 0 Å². The normalized spacial score (nSPS) is 10.2. The zero-order chi connectivity index (χ0) is 9.14. The number of halogens is 1. The van der Waals surface area contributed by atoms with Gasteiger partial charge in [0, 0.05) is 17.1 Å². The maximum absolute atomic E-state index is 9.31. The molecule has 0 amide bonds. The molecule has 3 N–H and O–H groups in total. The van der Waals surface area contributed by atoms with Crippen molar-refractivity contribution in [2.24, 2.45) is 0 Å². The third-order valence-corrected chi connectivity index (χ3v) is 2.05. The number of rotatable bonds is 2. The summed E-state index contributed by atoms with van der Waals surface area (Å²) >= 11 is 5.79. The predicted octanol–water partition coefficient (Wildman–Crippen LogP) is 1.83. The van der Waals surface area contributed by atoms with E-state index >= 15 is 0 Å². The van der Waals surface area contributed by atoms with E-state index < -0.39 is 0 Å². The van der Waals surface area contributed by atoms with E-state index in [-0.39, 0.29) is 12.3 Å². The molecule has 0 bridgehead atoms. The van der Waals surface area contributed by atoms with Crippen molar-refractivity contribution in [1.82, 2.24) is 5.48 Å². The molecule has 0 aliphatic heterocycles. The molecule has 0 aliphatic rings. The highest BCUT2D eigenvalue weighted by molar-refractivity contribution is 6.31. The number of phenolic OH excluding ortho intramolecular Hbond substituents is 1. The summed E-state index contributed by atoms with van der Waals surface area (Å²) in [4.78, 5) is 0. The Bertz CT molecular complexity index is 265. The number of hydrogen-bond acceptors (Lipinski definition) is 3. The van der Waals surface area contributed by atoms with E-state index in [0.717, 1.165) is 5.56 Å². The molecule has 1 aromatic rings. The topological polar surface area (TPSA) is 52.5 Å². The molecule has 0 saturated carbocycles. The van der Waals surface area contributed by atoms with Crippen molar-refractivity contribution in [1.29, 1.82) is 0 Å². The molecule has 0 fully saturated rings. The van der Waals surface area contributed by atoms with Crippen molar-refractivity contribution in [2.75, 3.05) is 0 Å². The van der Waals surface area contributed by atoms with Gasteiger partial charge in [-0.25, -0.2) is 5.48 Å². The van der Waals surface area contributed by atoms with E-state index in [2.05, 4.69) is 0 Å². The lowest BCUT2D eigenvalue weighted by Gasteiger charge is -2.05. The Kier molecular flexibility index (Phi) is 2.92. The van der Waals surface area contributed by atoms with Crippen LogP contribution in [0.3, 0.4) is 0 Å². The third-order valence-electron chi connectivity index (χ3n) is 1.66. The summed E-state index contributed by atoms with van der Waals surface area (Å²) in [6.07, 6.45) is 0. The summed E-state index contributed by atoms with van der Waals surface area (Å²) in [5.74, 6) is 0.146. The van der Waals surface area contributed by atoms with E-state index in [1.165, 1.54) is 0 Å². The summed E-state index contributed by atoms with van der Waals surface area (Å²) in [6, 6.07) is 3.25. The number of phenols is 1. The van der Waals surface area contributed by atoms with Crippen LogP contribution in [0.2, 0.25) is 5.02 Å². The molecule has 0 radical (unpaired) electrons. The van der Waals surface area contributed by atoms with Crippen LogP contribution < -0.4 is 5.48 Å².